The summed E-state index contributed by atoms with van der Waals surface area (Å²) in [5, 5.41) is 0. The van der Waals surface area contributed by atoms with Crippen LogP contribution < -0.4 is 11.2 Å². The zero-order valence-electron chi connectivity index (χ0n) is 9.46. The second kappa shape index (κ2) is 6.88. The van der Waals surface area contributed by atoms with E-state index in [2.05, 4.69) is 11.9 Å². The lowest BCUT2D eigenvalue weighted by molar-refractivity contribution is 0.548. The van der Waals surface area contributed by atoms with Crippen molar-refractivity contribution >= 4 is 22.6 Å². The van der Waals surface area contributed by atoms with Crippen LogP contribution in [-0.4, -0.2) is 9.55 Å². The van der Waals surface area contributed by atoms with E-state index in [1.807, 2.05) is 22.6 Å². The molecule has 5 heteroatoms. The molecule has 1 aromatic heterocycles. The number of aryl methyl sites for hydroxylation is 1. The summed E-state index contributed by atoms with van der Waals surface area (Å²) >= 11 is 1.94. The van der Waals surface area contributed by atoms with Crippen LogP contribution in [0, 0.1) is 3.57 Å². The Hall–Kier alpha value is -0.590. The Morgan fingerprint density at radius 3 is 2.62 bits per heavy atom. The highest BCUT2D eigenvalue weighted by Crippen LogP contribution is 2.03. The van der Waals surface area contributed by atoms with Gasteiger partial charge in [-0.3, -0.25) is 14.3 Å². The molecule has 1 heterocycles. The molecule has 1 rings (SSSR count). The van der Waals surface area contributed by atoms with Crippen LogP contribution in [0.3, 0.4) is 0 Å². The molecule has 0 aromatic carbocycles. The molecule has 0 bridgehead atoms. The molecule has 4 nitrogen and oxygen atoms in total. The Bertz CT molecular complexity index is 436. The van der Waals surface area contributed by atoms with Crippen LogP contribution in [0.5, 0.6) is 0 Å². The summed E-state index contributed by atoms with van der Waals surface area (Å²) in [7, 11) is 0. The third kappa shape index (κ3) is 4.11. The number of hydrogen-bond acceptors (Lipinski definition) is 2. The normalized spacial score (nSPS) is 10.6. The quantitative estimate of drug-likeness (QED) is 0.639. The van der Waals surface area contributed by atoms with Crippen molar-refractivity contribution in [1.29, 1.82) is 0 Å². The molecule has 0 radical (unpaired) electrons. The monoisotopic (exact) mass is 336 g/mol. The average molecular weight is 336 g/mol. The zero-order valence-corrected chi connectivity index (χ0v) is 11.6. The SMILES string of the molecule is CCCCCCCn1cc(I)c(=O)[nH]c1=O. The van der Waals surface area contributed by atoms with Gasteiger partial charge < -0.3 is 0 Å². The predicted molar refractivity (Wildman–Crippen MR) is 72.8 cm³/mol. The average Bonchev–Trinajstić information content (AvgIpc) is 2.25. The fourth-order valence-corrected chi connectivity index (χ4v) is 2.01. The number of hydrogen-bond donors (Lipinski definition) is 1. The standard InChI is InChI=1S/C11H17IN2O2/c1-2-3-4-5-6-7-14-8-9(12)10(15)13-11(14)16/h8H,2-7H2,1H3,(H,13,15,16). The summed E-state index contributed by atoms with van der Waals surface area (Å²) in [5.74, 6) is 0. The van der Waals surface area contributed by atoms with Gasteiger partial charge in [0.15, 0.2) is 0 Å². The maximum Gasteiger partial charge on any atom is 0.328 e. The lowest BCUT2D eigenvalue weighted by Gasteiger charge is -2.04. The summed E-state index contributed by atoms with van der Waals surface area (Å²) in [6.45, 7) is 2.87. The van der Waals surface area contributed by atoms with E-state index in [0.717, 1.165) is 12.8 Å². The fourth-order valence-electron chi connectivity index (χ4n) is 1.53. The molecule has 0 aliphatic rings. The lowest BCUT2D eigenvalue weighted by Crippen LogP contribution is -2.30. The molecule has 0 aliphatic heterocycles. The summed E-state index contributed by atoms with van der Waals surface area (Å²) in [5.41, 5.74) is -0.603. The largest absolute Gasteiger partial charge is 0.328 e. The van der Waals surface area contributed by atoms with Gasteiger partial charge in [0.05, 0.1) is 3.57 Å². The third-order valence-corrected chi connectivity index (χ3v) is 3.24. The minimum absolute atomic E-state index is 0.298. The molecule has 0 unspecified atom stereocenters. The van der Waals surface area contributed by atoms with Crippen molar-refractivity contribution in [2.75, 3.05) is 0 Å². The Kier molecular flexibility index (Phi) is 5.79. The molecule has 1 aromatic rings. The summed E-state index contributed by atoms with van der Waals surface area (Å²) in [6, 6.07) is 0. The first-order valence-electron chi connectivity index (χ1n) is 5.64. The minimum atomic E-state index is -0.305. The number of H-pyrrole nitrogens is 1. The molecule has 0 aliphatic carbocycles. The molecule has 16 heavy (non-hydrogen) atoms. The van der Waals surface area contributed by atoms with Gasteiger partial charge in [0.2, 0.25) is 0 Å². The third-order valence-electron chi connectivity index (χ3n) is 2.47. The Morgan fingerprint density at radius 1 is 1.25 bits per heavy atom. The van der Waals surface area contributed by atoms with Crippen LogP contribution in [0.1, 0.15) is 39.0 Å². The molecule has 0 saturated heterocycles. The second-order valence-corrected chi connectivity index (χ2v) is 5.01. The van der Waals surface area contributed by atoms with E-state index < -0.39 is 0 Å². The lowest BCUT2D eigenvalue weighted by atomic mass is 10.1. The van der Waals surface area contributed by atoms with Gasteiger partial charge in [-0.2, -0.15) is 0 Å². The van der Waals surface area contributed by atoms with Gasteiger partial charge in [0.1, 0.15) is 0 Å². The molecule has 0 atom stereocenters. The number of rotatable bonds is 6. The smallest absolute Gasteiger partial charge is 0.300 e. The maximum atomic E-state index is 11.4. The van der Waals surface area contributed by atoms with Crippen LogP contribution in [0.15, 0.2) is 15.8 Å². The number of nitrogens with zero attached hydrogens (tertiary/aromatic N) is 1. The van der Waals surface area contributed by atoms with Gasteiger partial charge in [-0.25, -0.2) is 4.79 Å². The van der Waals surface area contributed by atoms with Gasteiger partial charge in [0.25, 0.3) is 5.56 Å². The first kappa shape index (κ1) is 13.5. The van der Waals surface area contributed by atoms with Crippen molar-refractivity contribution in [1.82, 2.24) is 9.55 Å². The van der Waals surface area contributed by atoms with Crippen molar-refractivity contribution in [2.45, 2.75) is 45.6 Å². The number of halogens is 1. The molecular weight excluding hydrogens is 319 g/mol. The van der Waals surface area contributed by atoms with E-state index in [1.54, 1.807) is 10.8 Å². The highest BCUT2D eigenvalue weighted by molar-refractivity contribution is 14.1. The van der Waals surface area contributed by atoms with Crippen molar-refractivity contribution in [2.24, 2.45) is 0 Å². The molecule has 1 N–H and O–H groups in total. The molecular formula is C11H17IN2O2. The van der Waals surface area contributed by atoms with E-state index >= 15 is 0 Å². The highest BCUT2D eigenvalue weighted by Gasteiger charge is 2.01. The Labute approximate surface area is 108 Å². The number of nitrogens with one attached hydrogen (secondary N) is 1. The van der Waals surface area contributed by atoms with Crippen LogP contribution in [0.25, 0.3) is 0 Å². The van der Waals surface area contributed by atoms with Crippen LogP contribution in [-0.2, 0) is 6.54 Å². The second-order valence-electron chi connectivity index (χ2n) is 3.84. The van der Waals surface area contributed by atoms with Crippen molar-refractivity contribution in [3.8, 4) is 0 Å². The first-order valence-corrected chi connectivity index (χ1v) is 6.72. The summed E-state index contributed by atoms with van der Waals surface area (Å²) < 4.78 is 2.14. The van der Waals surface area contributed by atoms with Crippen LogP contribution in [0.4, 0.5) is 0 Å². The van der Waals surface area contributed by atoms with E-state index in [-0.39, 0.29) is 11.2 Å². The molecule has 0 saturated carbocycles. The fraction of sp³-hybridized carbons (Fsp3) is 0.636. The van der Waals surface area contributed by atoms with Crippen molar-refractivity contribution in [3.63, 3.8) is 0 Å². The number of unbranched alkanes of at least 4 members (excludes halogenated alkanes) is 4. The van der Waals surface area contributed by atoms with Gasteiger partial charge in [-0.05, 0) is 29.0 Å². The zero-order chi connectivity index (χ0) is 12.0. The Morgan fingerprint density at radius 2 is 1.94 bits per heavy atom. The van der Waals surface area contributed by atoms with Gasteiger partial charge >= 0.3 is 5.69 Å². The van der Waals surface area contributed by atoms with E-state index in [1.165, 1.54) is 19.3 Å². The van der Waals surface area contributed by atoms with Crippen molar-refractivity contribution in [3.05, 3.63) is 30.6 Å². The van der Waals surface area contributed by atoms with Crippen molar-refractivity contribution < 1.29 is 0 Å². The maximum absolute atomic E-state index is 11.4. The van der Waals surface area contributed by atoms with E-state index in [0.29, 0.717) is 10.1 Å². The summed E-state index contributed by atoms with van der Waals surface area (Å²) in [4.78, 5) is 24.9. The number of aromatic nitrogens is 2. The highest BCUT2D eigenvalue weighted by atomic mass is 127. The first-order chi connectivity index (χ1) is 7.65. The molecule has 0 spiro atoms. The van der Waals surface area contributed by atoms with Crippen LogP contribution >= 0.6 is 22.6 Å². The predicted octanol–water partition coefficient (Wildman–Crippen LogP) is 2.11. The van der Waals surface area contributed by atoms with E-state index in [4.69, 9.17) is 0 Å². The van der Waals surface area contributed by atoms with Gasteiger partial charge in [-0.1, -0.05) is 32.6 Å². The summed E-state index contributed by atoms with van der Waals surface area (Å²) in [6.07, 6.45) is 7.43. The number of aromatic amines is 1. The van der Waals surface area contributed by atoms with Crippen LogP contribution in [0.2, 0.25) is 0 Å². The minimum Gasteiger partial charge on any atom is -0.300 e. The molecule has 0 amide bonds. The Balaban J connectivity index is 2.51. The topological polar surface area (TPSA) is 54.9 Å². The molecule has 90 valence electrons. The molecule has 0 fully saturated rings. The van der Waals surface area contributed by atoms with E-state index in [9.17, 15) is 9.59 Å². The van der Waals surface area contributed by atoms with Gasteiger partial charge in [-0.15, -0.1) is 0 Å². The van der Waals surface area contributed by atoms with Gasteiger partial charge in [0, 0.05) is 12.7 Å².